The van der Waals surface area contributed by atoms with Gasteiger partial charge in [-0.05, 0) is 70.4 Å². The molecule has 1 unspecified atom stereocenters. The summed E-state index contributed by atoms with van der Waals surface area (Å²) in [6.07, 6.45) is 3.74. The maximum Gasteiger partial charge on any atom is 0.277 e. The molecule has 2 amide bonds. The number of carbonyl (C=O) groups excluding carboxylic acids is 2. The predicted octanol–water partition coefficient (Wildman–Crippen LogP) is 2.37. The van der Waals surface area contributed by atoms with E-state index in [9.17, 15) is 9.59 Å². The Morgan fingerprint density at radius 1 is 1.10 bits per heavy atom. The standard InChI is InChI=1S/C24H33N3O4/c1-4-30-19-9-7-17(8-10-19)21-22(26(3)18-11-13-25(2)14-12-18)24(29)27(23(21)28)16-20-6-5-15-31-20/h7-10,18,20H,4-6,11-16H2,1-3H3. The molecule has 168 valence electrons. The lowest BCUT2D eigenvalue weighted by molar-refractivity contribution is -0.139. The van der Waals surface area contributed by atoms with Crippen LogP contribution in [0.15, 0.2) is 30.0 Å². The van der Waals surface area contributed by atoms with Crippen molar-refractivity contribution in [3.8, 4) is 5.75 Å². The van der Waals surface area contributed by atoms with Crippen LogP contribution in [-0.4, -0.2) is 85.6 Å². The summed E-state index contributed by atoms with van der Waals surface area (Å²) in [7, 11) is 4.08. The van der Waals surface area contributed by atoms with Crippen molar-refractivity contribution in [3.05, 3.63) is 35.5 Å². The minimum atomic E-state index is -0.223. The van der Waals surface area contributed by atoms with Gasteiger partial charge in [-0.1, -0.05) is 12.1 Å². The number of benzene rings is 1. The van der Waals surface area contributed by atoms with E-state index in [4.69, 9.17) is 9.47 Å². The number of hydrogen-bond acceptors (Lipinski definition) is 6. The van der Waals surface area contributed by atoms with E-state index in [2.05, 4.69) is 16.8 Å². The highest BCUT2D eigenvalue weighted by Gasteiger charge is 2.43. The number of carbonyl (C=O) groups is 2. The Hall–Kier alpha value is -2.38. The molecule has 3 aliphatic heterocycles. The Labute approximate surface area is 184 Å². The smallest absolute Gasteiger partial charge is 0.277 e. The van der Waals surface area contributed by atoms with Crippen LogP contribution < -0.4 is 4.74 Å². The molecular weight excluding hydrogens is 394 g/mol. The molecule has 0 spiro atoms. The first-order valence-corrected chi connectivity index (χ1v) is 11.4. The molecule has 2 fully saturated rings. The first-order valence-electron chi connectivity index (χ1n) is 11.4. The SMILES string of the molecule is CCOc1ccc(C2=C(N(C)C3CCN(C)CC3)C(=O)N(CC3CCCO3)C2=O)cc1. The average Bonchev–Trinajstić information content (AvgIpc) is 3.37. The summed E-state index contributed by atoms with van der Waals surface area (Å²) in [6.45, 7) is 5.52. The van der Waals surface area contributed by atoms with Gasteiger partial charge in [0.05, 0.1) is 24.8 Å². The molecule has 4 rings (SSSR count). The highest BCUT2D eigenvalue weighted by Crippen LogP contribution is 2.35. The minimum Gasteiger partial charge on any atom is -0.494 e. The number of hydrogen-bond donors (Lipinski definition) is 0. The van der Waals surface area contributed by atoms with Crippen LogP contribution in [0.3, 0.4) is 0 Å². The number of nitrogens with zero attached hydrogens (tertiary/aromatic N) is 3. The lowest BCUT2D eigenvalue weighted by atomic mass is 10.00. The normalized spacial score (nSPS) is 23.2. The van der Waals surface area contributed by atoms with Crippen molar-refractivity contribution in [1.82, 2.24) is 14.7 Å². The van der Waals surface area contributed by atoms with Gasteiger partial charge in [0, 0.05) is 19.7 Å². The Balaban J connectivity index is 1.66. The molecule has 0 N–H and O–H groups in total. The summed E-state index contributed by atoms with van der Waals surface area (Å²) in [4.78, 5) is 32.8. The lowest BCUT2D eigenvalue weighted by Crippen LogP contribution is -2.44. The van der Waals surface area contributed by atoms with E-state index in [1.54, 1.807) is 0 Å². The van der Waals surface area contributed by atoms with Gasteiger partial charge in [-0.25, -0.2) is 0 Å². The van der Waals surface area contributed by atoms with E-state index in [1.165, 1.54) is 4.90 Å². The van der Waals surface area contributed by atoms with E-state index >= 15 is 0 Å². The quantitative estimate of drug-likeness (QED) is 0.623. The summed E-state index contributed by atoms with van der Waals surface area (Å²) in [5, 5.41) is 0. The third-order valence-corrected chi connectivity index (χ3v) is 6.60. The zero-order chi connectivity index (χ0) is 22.0. The summed E-state index contributed by atoms with van der Waals surface area (Å²) in [5.74, 6) is 0.329. The minimum absolute atomic E-state index is 0.0672. The fourth-order valence-electron chi connectivity index (χ4n) is 4.76. The Kier molecular flexibility index (Phi) is 6.62. The van der Waals surface area contributed by atoms with E-state index in [0.29, 0.717) is 31.0 Å². The first kappa shape index (κ1) is 21.8. The second-order valence-electron chi connectivity index (χ2n) is 8.68. The van der Waals surface area contributed by atoms with Gasteiger partial charge in [-0.3, -0.25) is 14.5 Å². The molecule has 0 saturated carbocycles. The molecule has 1 atom stereocenters. The van der Waals surface area contributed by atoms with Crippen molar-refractivity contribution in [3.63, 3.8) is 0 Å². The zero-order valence-electron chi connectivity index (χ0n) is 18.8. The van der Waals surface area contributed by atoms with Crippen molar-refractivity contribution >= 4 is 17.4 Å². The topological polar surface area (TPSA) is 62.3 Å². The van der Waals surface area contributed by atoms with Crippen molar-refractivity contribution in [2.45, 2.75) is 44.8 Å². The Morgan fingerprint density at radius 2 is 1.81 bits per heavy atom. The van der Waals surface area contributed by atoms with Gasteiger partial charge >= 0.3 is 0 Å². The maximum atomic E-state index is 13.5. The largest absolute Gasteiger partial charge is 0.494 e. The van der Waals surface area contributed by atoms with E-state index in [-0.39, 0.29) is 24.0 Å². The summed E-state index contributed by atoms with van der Waals surface area (Å²) in [5.41, 5.74) is 1.76. The van der Waals surface area contributed by atoms with Crippen LogP contribution in [0.1, 0.15) is 38.2 Å². The average molecular weight is 428 g/mol. The van der Waals surface area contributed by atoms with Crippen LogP contribution in [0.5, 0.6) is 5.75 Å². The number of imide groups is 1. The highest BCUT2D eigenvalue weighted by atomic mass is 16.5. The molecule has 7 nitrogen and oxygen atoms in total. The number of rotatable bonds is 7. The summed E-state index contributed by atoms with van der Waals surface area (Å²) >= 11 is 0. The molecule has 2 saturated heterocycles. The van der Waals surface area contributed by atoms with Gasteiger partial charge in [0.2, 0.25) is 0 Å². The van der Waals surface area contributed by atoms with Crippen LogP contribution in [0.2, 0.25) is 0 Å². The number of ether oxygens (including phenoxy) is 2. The molecule has 1 aromatic rings. The molecule has 1 aromatic carbocycles. The van der Waals surface area contributed by atoms with Crippen molar-refractivity contribution in [1.29, 1.82) is 0 Å². The summed E-state index contributed by atoms with van der Waals surface area (Å²) in [6, 6.07) is 7.72. The van der Waals surface area contributed by atoms with E-state index in [0.717, 1.165) is 50.1 Å². The van der Waals surface area contributed by atoms with Crippen LogP contribution in [0.25, 0.3) is 5.57 Å². The van der Waals surface area contributed by atoms with Crippen LogP contribution in [-0.2, 0) is 14.3 Å². The third kappa shape index (κ3) is 4.48. The molecule has 3 heterocycles. The number of likely N-dealkylation sites (N-methyl/N-ethyl adjacent to an activating group) is 1. The molecule has 0 aliphatic carbocycles. The monoisotopic (exact) mass is 427 g/mol. The Bertz CT molecular complexity index is 837. The molecule has 7 heteroatoms. The molecule has 3 aliphatic rings. The van der Waals surface area contributed by atoms with Crippen LogP contribution >= 0.6 is 0 Å². The van der Waals surface area contributed by atoms with E-state index in [1.807, 2.05) is 38.2 Å². The van der Waals surface area contributed by atoms with Gasteiger partial charge in [0.1, 0.15) is 11.4 Å². The molecule has 0 bridgehead atoms. The highest BCUT2D eigenvalue weighted by molar-refractivity contribution is 6.35. The Morgan fingerprint density at radius 3 is 2.42 bits per heavy atom. The fraction of sp³-hybridized carbons (Fsp3) is 0.583. The predicted molar refractivity (Wildman–Crippen MR) is 119 cm³/mol. The maximum absolute atomic E-state index is 13.5. The number of likely N-dealkylation sites (tertiary alicyclic amines) is 1. The van der Waals surface area contributed by atoms with Gasteiger partial charge in [0.15, 0.2) is 0 Å². The van der Waals surface area contributed by atoms with Gasteiger partial charge in [-0.15, -0.1) is 0 Å². The van der Waals surface area contributed by atoms with Crippen molar-refractivity contribution < 1.29 is 19.1 Å². The number of piperidine rings is 1. The number of amides is 2. The molecular formula is C24H33N3O4. The zero-order valence-corrected chi connectivity index (χ0v) is 18.8. The first-order chi connectivity index (χ1) is 15.0. The molecule has 31 heavy (non-hydrogen) atoms. The third-order valence-electron chi connectivity index (χ3n) is 6.60. The van der Waals surface area contributed by atoms with Crippen LogP contribution in [0.4, 0.5) is 0 Å². The van der Waals surface area contributed by atoms with Gasteiger partial charge in [0.25, 0.3) is 11.8 Å². The fourth-order valence-corrected chi connectivity index (χ4v) is 4.76. The van der Waals surface area contributed by atoms with Gasteiger partial charge in [-0.2, -0.15) is 0 Å². The van der Waals surface area contributed by atoms with Crippen LogP contribution in [0, 0.1) is 0 Å². The van der Waals surface area contributed by atoms with Crippen molar-refractivity contribution in [2.75, 3.05) is 46.9 Å². The lowest BCUT2D eigenvalue weighted by Gasteiger charge is -2.36. The summed E-state index contributed by atoms with van der Waals surface area (Å²) < 4.78 is 11.3. The van der Waals surface area contributed by atoms with E-state index < -0.39 is 0 Å². The molecule has 0 radical (unpaired) electrons. The van der Waals surface area contributed by atoms with Gasteiger partial charge < -0.3 is 19.3 Å². The second-order valence-corrected chi connectivity index (χ2v) is 8.68. The van der Waals surface area contributed by atoms with Crippen molar-refractivity contribution in [2.24, 2.45) is 0 Å². The molecule has 0 aromatic heterocycles. The second kappa shape index (κ2) is 9.40.